The zero-order valence-electron chi connectivity index (χ0n) is 12.1. The number of β-amino-alcohol motifs (C(OH)–C–C–N with tert-alkyl or cyclic N) is 1. The van der Waals surface area contributed by atoms with Gasteiger partial charge in [0.2, 0.25) is 5.95 Å². The number of piperazine rings is 1. The largest absolute Gasteiger partial charge is 0.395 e. The van der Waals surface area contributed by atoms with Gasteiger partial charge in [0, 0.05) is 44.6 Å². The fraction of sp³-hybridized carbons (Fsp3) is 0.714. The molecule has 5 nitrogen and oxygen atoms in total. The molecule has 1 saturated heterocycles. The summed E-state index contributed by atoms with van der Waals surface area (Å²) in [6.45, 7) is 11.2. The van der Waals surface area contributed by atoms with Gasteiger partial charge in [0.05, 0.1) is 6.61 Å². The highest BCUT2D eigenvalue weighted by atomic mass is 16.3. The summed E-state index contributed by atoms with van der Waals surface area (Å²) in [6.07, 6.45) is 1.96. The average Bonchev–Trinajstić information content (AvgIpc) is 2.39. The number of aliphatic hydroxyl groups excluding tert-OH is 1. The van der Waals surface area contributed by atoms with Crippen molar-refractivity contribution in [2.75, 3.05) is 44.2 Å². The predicted octanol–water partition coefficient (Wildman–Crippen LogP) is 1.02. The number of anilines is 1. The first-order valence-corrected chi connectivity index (χ1v) is 7.03. The summed E-state index contributed by atoms with van der Waals surface area (Å²) >= 11 is 0. The maximum Gasteiger partial charge on any atom is 0.225 e. The van der Waals surface area contributed by atoms with Crippen LogP contribution < -0.4 is 4.90 Å². The molecule has 19 heavy (non-hydrogen) atoms. The number of nitrogens with zero attached hydrogens (tertiary/aromatic N) is 4. The van der Waals surface area contributed by atoms with Crippen LogP contribution in [0.25, 0.3) is 0 Å². The maximum absolute atomic E-state index is 8.94. The van der Waals surface area contributed by atoms with Gasteiger partial charge in [-0.3, -0.25) is 4.90 Å². The van der Waals surface area contributed by atoms with E-state index in [1.807, 2.05) is 6.20 Å². The van der Waals surface area contributed by atoms with Crippen molar-refractivity contribution in [3.63, 3.8) is 0 Å². The first kappa shape index (κ1) is 14.2. The first-order valence-electron chi connectivity index (χ1n) is 7.03. The van der Waals surface area contributed by atoms with E-state index >= 15 is 0 Å². The monoisotopic (exact) mass is 264 g/mol. The van der Waals surface area contributed by atoms with Crippen molar-refractivity contribution in [1.29, 1.82) is 0 Å². The SMILES string of the molecule is Cc1nc(N2CCN(CCO)CC2)ncc1C(C)C. The Bertz CT molecular complexity index is 414. The van der Waals surface area contributed by atoms with Crippen LogP contribution in [0.15, 0.2) is 6.20 Å². The van der Waals surface area contributed by atoms with E-state index in [0.717, 1.165) is 44.4 Å². The third-order valence-electron chi connectivity index (χ3n) is 3.70. The molecule has 0 unspecified atom stereocenters. The second-order valence-corrected chi connectivity index (χ2v) is 5.42. The number of aromatic nitrogens is 2. The Hall–Kier alpha value is -1.20. The second kappa shape index (κ2) is 6.30. The van der Waals surface area contributed by atoms with E-state index < -0.39 is 0 Å². The summed E-state index contributed by atoms with van der Waals surface area (Å²) in [6, 6.07) is 0. The Labute approximate surface area is 115 Å². The van der Waals surface area contributed by atoms with E-state index in [9.17, 15) is 0 Å². The average molecular weight is 264 g/mol. The molecule has 5 heteroatoms. The molecule has 1 aliphatic heterocycles. The van der Waals surface area contributed by atoms with Crippen LogP contribution in [-0.4, -0.2) is 59.3 Å². The van der Waals surface area contributed by atoms with Crippen molar-refractivity contribution >= 4 is 5.95 Å². The van der Waals surface area contributed by atoms with E-state index in [4.69, 9.17) is 5.11 Å². The van der Waals surface area contributed by atoms with Crippen LogP contribution in [0.5, 0.6) is 0 Å². The molecular formula is C14H24N4O. The van der Waals surface area contributed by atoms with Crippen LogP contribution in [0.3, 0.4) is 0 Å². The summed E-state index contributed by atoms with van der Waals surface area (Å²) in [5, 5.41) is 8.94. The quantitative estimate of drug-likeness (QED) is 0.880. The molecule has 1 aromatic heterocycles. The molecule has 0 atom stereocenters. The van der Waals surface area contributed by atoms with Gasteiger partial charge >= 0.3 is 0 Å². The lowest BCUT2D eigenvalue weighted by atomic mass is 10.0. The minimum Gasteiger partial charge on any atom is -0.395 e. The summed E-state index contributed by atoms with van der Waals surface area (Å²) in [4.78, 5) is 13.6. The van der Waals surface area contributed by atoms with Crippen LogP contribution in [0, 0.1) is 6.92 Å². The summed E-state index contributed by atoms with van der Waals surface area (Å²) in [5.74, 6) is 1.31. The molecule has 2 rings (SSSR count). The van der Waals surface area contributed by atoms with Crippen LogP contribution in [0.1, 0.15) is 31.0 Å². The maximum atomic E-state index is 8.94. The van der Waals surface area contributed by atoms with Gasteiger partial charge < -0.3 is 10.0 Å². The molecule has 0 aromatic carbocycles. The van der Waals surface area contributed by atoms with E-state index in [2.05, 4.69) is 40.5 Å². The Morgan fingerprint density at radius 2 is 1.95 bits per heavy atom. The van der Waals surface area contributed by atoms with Crippen LogP contribution in [-0.2, 0) is 0 Å². The van der Waals surface area contributed by atoms with Crippen molar-refractivity contribution in [1.82, 2.24) is 14.9 Å². The van der Waals surface area contributed by atoms with Crippen LogP contribution in [0.4, 0.5) is 5.95 Å². The normalized spacial score (nSPS) is 17.2. The van der Waals surface area contributed by atoms with Gasteiger partial charge in [-0.15, -0.1) is 0 Å². The third-order valence-corrected chi connectivity index (χ3v) is 3.70. The van der Waals surface area contributed by atoms with Crippen molar-refractivity contribution in [3.8, 4) is 0 Å². The van der Waals surface area contributed by atoms with E-state index in [-0.39, 0.29) is 6.61 Å². The van der Waals surface area contributed by atoms with Crippen LogP contribution >= 0.6 is 0 Å². The number of aliphatic hydroxyl groups is 1. The van der Waals surface area contributed by atoms with Crippen LogP contribution in [0.2, 0.25) is 0 Å². The molecule has 0 saturated carbocycles. The number of aryl methyl sites for hydroxylation is 1. The summed E-state index contributed by atoms with van der Waals surface area (Å²) in [7, 11) is 0. The molecule has 1 aromatic rings. The first-order chi connectivity index (χ1) is 9.11. The van der Waals surface area contributed by atoms with Crippen molar-refractivity contribution in [3.05, 3.63) is 17.5 Å². The molecule has 106 valence electrons. The number of hydrogen-bond acceptors (Lipinski definition) is 5. The molecule has 0 spiro atoms. The van der Waals surface area contributed by atoms with Gasteiger partial charge in [0.25, 0.3) is 0 Å². The molecule has 0 amide bonds. The Balaban J connectivity index is 2.02. The standard InChI is InChI=1S/C14H24N4O/c1-11(2)13-10-15-14(16-12(13)3)18-6-4-17(5-7-18)8-9-19/h10-11,19H,4-9H2,1-3H3. The van der Waals surface area contributed by atoms with Gasteiger partial charge in [-0.1, -0.05) is 13.8 Å². The fourth-order valence-electron chi connectivity index (χ4n) is 2.50. The molecular weight excluding hydrogens is 240 g/mol. The lowest BCUT2D eigenvalue weighted by molar-refractivity contribution is 0.188. The molecule has 1 fully saturated rings. The summed E-state index contributed by atoms with van der Waals surface area (Å²) < 4.78 is 0. The lowest BCUT2D eigenvalue weighted by Crippen LogP contribution is -2.47. The van der Waals surface area contributed by atoms with Gasteiger partial charge in [-0.25, -0.2) is 9.97 Å². The van der Waals surface area contributed by atoms with E-state index in [0.29, 0.717) is 5.92 Å². The van der Waals surface area contributed by atoms with Crippen molar-refractivity contribution < 1.29 is 5.11 Å². The predicted molar refractivity (Wildman–Crippen MR) is 76.6 cm³/mol. The fourth-order valence-corrected chi connectivity index (χ4v) is 2.50. The lowest BCUT2D eigenvalue weighted by Gasteiger charge is -2.34. The second-order valence-electron chi connectivity index (χ2n) is 5.42. The number of hydrogen-bond donors (Lipinski definition) is 1. The highest BCUT2D eigenvalue weighted by Gasteiger charge is 2.19. The van der Waals surface area contributed by atoms with Gasteiger partial charge in [-0.05, 0) is 18.4 Å². The Morgan fingerprint density at radius 1 is 1.26 bits per heavy atom. The van der Waals surface area contributed by atoms with Crippen molar-refractivity contribution in [2.24, 2.45) is 0 Å². The summed E-state index contributed by atoms with van der Waals surface area (Å²) in [5.41, 5.74) is 2.31. The molecule has 1 aliphatic rings. The van der Waals surface area contributed by atoms with Crippen molar-refractivity contribution in [2.45, 2.75) is 26.7 Å². The smallest absolute Gasteiger partial charge is 0.225 e. The molecule has 0 bridgehead atoms. The molecule has 0 aliphatic carbocycles. The minimum atomic E-state index is 0.235. The molecule has 1 N–H and O–H groups in total. The minimum absolute atomic E-state index is 0.235. The Kier molecular flexibility index (Phi) is 4.71. The highest BCUT2D eigenvalue weighted by Crippen LogP contribution is 2.19. The zero-order valence-corrected chi connectivity index (χ0v) is 12.1. The molecule has 2 heterocycles. The molecule has 0 radical (unpaired) electrons. The van der Waals surface area contributed by atoms with Gasteiger partial charge in [-0.2, -0.15) is 0 Å². The van der Waals surface area contributed by atoms with E-state index in [1.165, 1.54) is 5.56 Å². The van der Waals surface area contributed by atoms with E-state index in [1.54, 1.807) is 0 Å². The topological polar surface area (TPSA) is 52.5 Å². The van der Waals surface area contributed by atoms with Gasteiger partial charge in [0.15, 0.2) is 0 Å². The van der Waals surface area contributed by atoms with Gasteiger partial charge in [0.1, 0.15) is 0 Å². The zero-order chi connectivity index (χ0) is 13.8. The highest BCUT2D eigenvalue weighted by molar-refractivity contribution is 5.34. The number of rotatable bonds is 4. The third kappa shape index (κ3) is 3.42. The Morgan fingerprint density at radius 3 is 2.47 bits per heavy atom.